The third kappa shape index (κ3) is 5.22. The first-order valence-corrected chi connectivity index (χ1v) is 21.2. The lowest BCUT2D eigenvalue weighted by Gasteiger charge is -2.15. The molecule has 13 aromatic rings. The number of aromatic nitrogens is 6. The molecule has 8 heteroatoms. The summed E-state index contributed by atoms with van der Waals surface area (Å²) in [5.74, 6) is 1.82. The Kier molecular flexibility index (Phi) is 7.40. The molecule has 0 atom stereocenters. The molecule has 8 aromatic carbocycles. The van der Waals surface area contributed by atoms with Gasteiger partial charge in [-0.2, -0.15) is 0 Å². The summed E-state index contributed by atoms with van der Waals surface area (Å²) in [7, 11) is 0. The lowest BCUT2D eigenvalue weighted by atomic mass is 10.1. The fourth-order valence-electron chi connectivity index (χ4n) is 9.23. The van der Waals surface area contributed by atoms with Gasteiger partial charge in [0.15, 0.2) is 17.5 Å². The average Bonchev–Trinajstić information content (AvgIpc) is 4.09. The Bertz CT molecular complexity index is 3840. The van der Waals surface area contributed by atoms with Gasteiger partial charge in [0.25, 0.3) is 0 Å². The fourth-order valence-corrected chi connectivity index (χ4v) is 10.2. The number of hydrogen-bond acceptors (Lipinski definition) is 6. The van der Waals surface area contributed by atoms with Crippen molar-refractivity contribution in [2.45, 2.75) is 6.54 Å². The van der Waals surface area contributed by atoms with Crippen LogP contribution in [0.4, 0.5) is 0 Å². The Morgan fingerprint density at radius 3 is 1.98 bits per heavy atom. The molecule has 0 spiro atoms. The predicted octanol–water partition coefficient (Wildman–Crippen LogP) is 13.6. The molecule has 0 aliphatic rings. The number of benzene rings is 8. The van der Waals surface area contributed by atoms with Crippen LogP contribution in [0.3, 0.4) is 0 Å². The van der Waals surface area contributed by atoms with E-state index >= 15 is 0 Å². The molecular formula is C53H32N6OS. The normalized spacial score (nSPS) is 12.0. The molecule has 0 saturated carbocycles. The molecule has 0 N–H and O–H groups in total. The topological polar surface area (TPSA) is 74.6 Å². The van der Waals surface area contributed by atoms with Crippen molar-refractivity contribution in [2.75, 3.05) is 0 Å². The van der Waals surface area contributed by atoms with Gasteiger partial charge in [-0.25, -0.2) is 19.9 Å². The number of thiazole rings is 1. The van der Waals surface area contributed by atoms with E-state index in [1.807, 2.05) is 42.5 Å². The molecule has 5 heterocycles. The highest BCUT2D eigenvalue weighted by Gasteiger charge is 2.24. The molecule has 0 fully saturated rings. The highest BCUT2D eigenvalue weighted by Crippen LogP contribution is 2.43. The Hall–Kier alpha value is -7.94. The van der Waals surface area contributed by atoms with Gasteiger partial charge in [0.05, 0.1) is 44.6 Å². The summed E-state index contributed by atoms with van der Waals surface area (Å²) in [5.41, 5.74) is 10.9. The lowest BCUT2D eigenvalue weighted by molar-refractivity contribution is 0.669. The van der Waals surface area contributed by atoms with E-state index in [-0.39, 0.29) is 0 Å². The molecule has 0 aliphatic heterocycles. The van der Waals surface area contributed by atoms with E-state index in [0.29, 0.717) is 24.0 Å². The van der Waals surface area contributed by atoms with Gasteiger partial charge in [0.1, 0.15) is 16.2 Å². The van der Waals surface area contributed by atoms with E-state index in [1.165, 1.54) is 20.9 Å². The van der Waals surface area contributed by atoms with Crippen LogP contribution in [0.5, 0.6) is 0 Å². The second kappa shape index (κ2) is 13.3. The smallest absolute Gasteiger partial charge is 0.167 e. The van der Waals surface area contributed by atoms with Crippen LogP contribution in [0.15, 0.2) is 186 Å². The van der Waals surface area contributed by atoms with Crippen LogP contribution in [0, 0.1) is 0 Å². The summed E-state index contributed by atoms with van der Waals surface area (Å²) in [5, 5.41) is 7.76. The molecule has 0 unspecified atom stereocenters. The molecular weight excluding hydrogens is 769 g/mol. The first kappa shape index (κ1) is 34.0. The lowest BCUT2D eigenvalue weighted by Crippen LogP contribution is -2.09. The molecule has 0 aliphatic carbocycles. The van der Waals surface area contributed by atoms with Crippen LogP contribution >= 0.6 is 11.3 Å². The van der Waals surface area contributed by atoms with E-state index in [9.17, 15) is 0 Å². The summed E-state index contributed by atoms with van der Waals surface area (Å²) in [6.07, 6.45) is 0. The van der Waals surface area contributed by atoms with Crippen LogP contribution < -0.4 is 0 Å². The Balaban J connectivity index is 1.09. The maximum atomic E-state index is 6.52. The second-order valence-electron chi connectivity index (χ2n) is 15.4. The van der Waals surface area contributed by atoms with Crippen molar-refractivity contribution in [2.24, 2.45) is 0 Å². The highest BCUT2D eigenvalue weighted by atomic mass is 32.1. The quantitative estimate of drug-likeness (QED) is 0.167. The van der Waals surface area contributed by atoms with Gasteiger partial charge in [-0.3, -0.25) is 0 Å². The number of rotatable bonds is 6. The third-order valence-corrected chi connectivity index (χ3v) is 13.0. The van der Waals surface area contributed by atoms with Gasteiger partial charge in [-0.1, -0.05) is 133 Å². The van der Waals surface area contributed by atoms with Gasteiger partial charge < -0.3 is 13.6 Å². The van der Waals surface area contributed by atoms with Crippen LogP contribution in [-0.2, 0) is 6.54 Å². The SMILES string of the molecule is c1ccc(-c2nc(Cn3c4ccccc4c4ccc5c6ccccc6n(-c6ccccc6-c6nc7ccccc7s6)c5c43)nc(-c3cccc4c3oc3ccccc34)n2)cc1. The third-order valence-electron chi connectivity index (χ3n) is 11.9. The average molecular weight is 801 g/mol. The molecule has 0 saturated heterocycles. The number of furan rings is 1. The Morgan fingerprint density at radius 2 is 1.11 bits per heavy atom. The van der Waals surface area contributed by atoms with E-state index in [2.05, 4.69) is 149 Å². The van der Waals surface area contributed by atoms with Gasteiger partial charge in [-0.15, -0.1) is 11.3 Å². The van der Waals surface area contributed by atoms with Crippen LogP contribution in [0.1, 0.15) is 5.82 Å². The molecule has 5 aromatic heterocycles. The van der Waals surface area contributed by atoms with Crippen molar-refractivity contribution in [3.8, 4) is 39.0 Å². The molecule has 61 heavy (non-hydrogen) atoms. The maximum absolute atomic E-state index is 6.52. The van der Waals surface area contributed by atoms with E-state index in [1.54, 1.807) is 11.3 Å². The number of hydrogen-bond donors (Lipinski definition) is 0. The second-order valence-corrected chi connectivity index (χ2v) is 16.4. The minimum Gasteiger partial charge on any atom is -0.455 e. The molecule has 0 bridgehead atoms. The zero-order chi connectivity index (χ0) is 40.0. The summed E-state index contributed by atoms with van der Waals surface area (Å²) in [6, 6.07) is 63.5. The standard InChI is InChI=1S/C53H32N6OS/c1-2-15-32(16-3-1)51-55-47(56-52(57-51)40-22-14-21-38-35-19-7-12-27-45(35)60-50(38)40)31-58-42-24-9-4-17-33(42)36-29-30-37-34-18-5-10-25-43(34)59(49(37)48(36)58)44-26-11-6-20-39(44)53-54-41-23-8-13-28-46(41)61-53/h1-30H,31H2. The Labute approximate surface area is 352 Å². The van der Waals surface area contributed by atoms with Crippen molar-refractivity contribution in [1.29, 1.82) is 0 Å². The largest absolute Gasteiger partial charge is 0.455 e. The predicted molar refractivity (Wildman–Crippen MR) is 249 cm³/mol. The van der Waals surface area contributed by atoms with Crippen molar-refractivity contribution < 1.29 is 4.42 Å². The summed E-state index contributed by atoms with van der Waals surface area (Å²) in [6.45, 7) is 0.398. The van der Waals surface area contributed by atoms with E-state index < -0.39 is 0 Å². The zero-order valence-electron chi connectivity index (χ0n) is 32.5. The zero-order valence-corrected chi connectivity index (χ0v) is 33.3. The summed E-state index contributed by atoms with van der Waals surface area (Å²) >= 11 is 1.73. The minimum atomic E-state index is 0.398. The molecule has 7 nitrogen and oxygen atoms in total. The van der Waals surface area contributed by atoms with E-state index in [4.69, 9.17) is 24.4 Å². The fraction of sp³-hybridized carbons (Fsp3) is 0.0189. The van der Waals surface area contributed by atoms with E-state index in [0.717, 1.165) is 82.3 Å². The van der Waals surface area contributed by atoms with Gasteiger partial charge >= 0.3 is 0 Å². The highest BCUT2D eigenvalue weighted by molar-refractivity contribution is 7.21. The minimum absolute atomic E-state index is 0.398. The van der Waals surface area contributed by atoms with Crippen molar-refractivity contribution in [3.05, 3.63) is 188 Å². The van der Waals surface area contributed by atoms with Gasteiger partial charge in [0, 0.05) is 49.0 Å². The first-order valence-electron chi connectivity index (χ1n) is 20.3. The van der Waals surface area contributed by atoms with Crippen LogP contribution in [-0.4, -0.2) is 29.1 Å². The van der Waals surface area contributed by atoms with Crippen molar-refractivity contribution in [3.63, 3.8) is 0 Å². The van der Waals surface area contributed by atoms with Crippen LogP contribution in [0.25, 0.3) is 115 Å². The number of fused-ring (bicyclic) bond motifs is 11. The van der Waals surface area contributed by atoms with Gasteiger partial charge in [-0.05, 0) is 48.5 Å². The monoisotopic (exact) mass is 800 g/mol. The summed E-state index contributed by atoms with van der Waals surface area (Å²) < 4.78 is 12.5. The van der Waals surface area contributed by atoms with Gasteiger partial charge in [0.2, 0.25) is 0 Å². The molecule has 0 amide bonds. The summed E-state index contributed by atoms with van der Waals surface area (Å²) in [4.78, 5) is 20.8. The van der Waals surface area contributed by atoms with Crippen molar-refractivity contribution in [1.82, 2.24) is 29.1 Å². The number of para-hydroxylation sites is 6. The maximum Gasteiger partial charge on any atom is 0.167 e. The number of nitrogens with zero attached hydrogens (tertiary/aromatic N) is 6. The molecule has 0 radical (unpaired) electrons. The van der Waals surface area contributed by atoms with Crippen LogP contribution in [0.2, 0.25) is 0 Å². The first-order chi connectivity index (χ1) is 30.2. The molecule has 286 valence electrons. The van der Waals surface area contributed by atoms with Crippen molar-refractivity contribution >= 4 is 87.1 Å². The Morgan fingerprint density at radius 1 is 0.459 bits per heavy atom. The molecule has 13 rings (SSSR count).